The molecule has 3 rings (SSSR count). The lowest BCUT2D eigenvalue weighted by atomic mass is 10.2. The standard InChI is InChI=1S/C17H15BrN2O2/c1-12-4-2-3-5-16(12)22-9-8-20-11-19-15-7-6-13(18)10-14(15)17(20)21/h2-7,10-11H,8-9H2,1H3. The van der Waals surface area contributed by atoms with E-state index in [9.17, 15) is 4.79 Å². The van der Waals surface area contributed by atoms with Crippen molar-refractivity contribution in [3.05, 3.63) is 69.2 Å². The van der Waals surface area contributed by atoms with E-state index in [4.69, 9.17) is 4.74 Å². The molecule has 112 valence electrons. The highest BCUT2D eigenvalue weighted by Crippen LogP contribution is 2.16. The molecule has 0 N–H and O–H groups in total. The minimum absolute atomic E-state index is 0.0558. The maximum atomic E-state index is 12.4. The molecule has 4 nitrogen and oxygen atoms in total. The van der Waals surface area contributed by atoms with Crippen LogP contribution in [0.1, 0.15) is 5.56 Å². The van der Waals surface area contributed by atoms with Gasteiger partial charge >= 0.3 is 0 Å². The highest BCUT2D eigenvalue weighted by molar-refractivity contribution is 9.10. The van der Waals surface area contributed by atoms with Crippen molar-refractivity contribution in [2.45, 2.75) is 13.5 Å². The smallest absolute Gasteiger partial charge is 0.261 e. The van der Waals surface area contributed by atoms with Gasteiger partial charge in [0, 0.05) is 4.47 Å². The number of benzene rings is 2. The zero-order valence-corrected chi connectivity index (χ0v) is 13.7. The Labute approximate surface area is 136 Å². The first kappa shape index (κ1) is 14.8. The molecular formula is C17H15BrN2O2. The summed E-state index contributed by atoms with van der Waals surface area (Å²) in [6.45, 7) is 2.88. The van der Waals surface area contributed by atoms with Crippen LogP contribution >= 0.6 is 15.9 Å². The Bertz CT molecular complexity index is 874. The fourth-order valence-electron chi connectivity index (χ4n) is 2.26. The van der Waals surface area contributed by atoms with Gasteiger partial charge in [-0.05, 0) is 36.8 Å². The summed E-state index contributed by atoms with van der Waals surface area (Å²) >= 11 is 3.38. The van der Waals surface area contributed by atoms with Gasteiger partial charge < -0.3 is 4.74 Å². The average Bonchev–Trinajstić information content (AvgIpc) is 2.52. The number of hydrogen-bond acceptors (Lipinski definition) is 3. The molecule has 1 aromatic heterocycles. The van der Waals surface area contributed by atoms with E-state index < -0.39 is 0 Å². The summed E-state index contributed by atoms with van der Waals surface area (Å²) in [6, 6.07) is 13.3. The molecule has 0 aliphatic carbocycles. The van der Waals surface area contributed by atoms with Gasteiger partial charge in [-0.2, -0.15) is 0 Å². The van der Waals surface area contributed by atoms with Gasteiger partial charge in [-0.1, -0.05) is 34.1 Å². The zero-order chi connectivity index (χ0) is 15.5. The number of fused-ring (bicyclic) bond motifs is 1. The molecule has 0 unspecified atom stereocenters. The van der Waals surface area contributed by atoms with Crippen LogP contribution in [0.3, 0.4) is 0 Å². The second kappa shape index (κ2) is 6.32. The van der Waals surface area contributed by atoms with Crippen molar-refractivity contribution in [3.8, 4) is 5.75 Å². The Hall–Kier alpha value is -2.14. The third-order valence-electron chi connectivity index (χ3n) is 3.47. The fraction of sp³-hybridized carbons (Fsp3) is 0.176. The van der Waals surface area contributed by atoms with E-state index in [0.29, 0.717) is 24.1 Å². The second-order valence-electron chi connectivity index (χ2n) is 5.02. The molecule has 0 spiro atoms. The normalized spacial score (nSPS) is 10.8. The maximum absolute atomic E-state index is 12.4. The molecule has 0 saturated heterocycles. The molecule has 0 bridgehead atoms. The molecule has 3 aromatic rings. The molecule has 22 heavy (non-hydrogen) atoms. The molecule has 0 atom stereocenters. The molecular weight excluding hydrogens is 344 g/mol. The summed E-state index contributed by atoms with van der Waals surface area (Å²) in [5.74, 6) is 0.840. The second-order valence-corrected chi connectivity index (χ2v) is 5.93. The van der Waals surface area contributed by atoms with E-state index in [1.807, 2.05) is 43.3 Å². The maximum Gasteiger partial charge on any atom is 0.261 e. The van der Waals surface area contributed by atoms with Crippen molar-refractivity contribution in [3.63, 3.8) is 0 Å². The SMILES string of the molecule is Cc1ccccc1OCCn1cnc2ccc(Br)cc2c1=O. The van der Waals surface area contributed by atoms with Gasteiger partial charge in [0.25, 0.3) is 5.56 Å². The number of nitrogens with zero attached hydrogens (tertiary/aromatic N) is 2. The van der Waals surface area contributed by atoms with E-state index in [1.54, 1.807) is 17.0 Å². The number of para-hydroxylation sites is 1. The van der Waals surface area contributed by atoms with Crippen molar-refractivity contribution < 1.29 is 4.74 Å². The lowest BCUT2D eigenvalue weighted by Gasteiger charge is -2.10. The Morgan fingerprint density at radius 1 is 1.23 bits per heavy atom. The van der Waals surface area contributed by atoms with E-state index in [-0.39, 0.29) is 5.56 Å². The number of ether oxygens (including phenoxy) is 1. The molecule has 0 fully saturated rings. The molecule has 5 heteroatoms. The Kier molecular flexibility index (Phi) is 4.24. The third kappa shape index (κ3) is 3.04. The molecule has 0 radical (unpaired) electrons. The van der Waals surface area contributed by atoms with Crippen molar-refractivity contribution in [2.24, 2.45) is 0 Å². The molecule has 0 amide bonds. The summed E-state index contributed by atoms with van der Waals surface area (Å²) in [7, 11) is 0. The fourth-order valence-corrected chi connectivity index (χ4v) is 2.62. The average molecular weight is 359 g/mol. The number of aryl methyl sites for hydroxylation is 1. The minimum Gasteiger partial charge on any atom is -0.491 e. The lowest BCUT2D eigenvalue weighted by molar-refractivity contribution is 0.294. The van der Waals surface area contributed by atoms with Crippen LogP contribution in [0.2, 0.25) is 0 Å². The van der Waals surface area contributed by atoms with E-state index >= 15 is 0 Å². The van der Waals surface area contributed by atoms with E-state index in [1.165, 1.54) is 0 Å². The van der Waals surface area contributed by atoms with Crippen LogP contribution in [-0.4, -0.2) is 16.2 Å². The first-order valence-electron chi connectivity index (χ1n) is 6.98. The van der Waals surface area contributed by atoms with E-state index in [2.05, 4.69) is 20.9 Å². The molecule has 1 heterocycles. The molecule has 0 saturated carbocycles. The number of halogens is 1. The van der Waals surface area contributed by atoms with Gasteiger partial charge in [-0.25, -0.2) is 4.98 Å². The quantitative estimate of drug-likeness (QED) is 0.716. The molecule has 0 aliphatic heterocycles. The van der Waals surface area contributed by atoms with Crippen LogP contribution in [0.25, 0.3) is 10.9 Å². The highest BCUT2D eigenvalue weighted by atomic mass is 79.9. The van der Waals surface area contributed by atoms with Crippen LogP contribution in [0.15, 0.2) is 58.1 Å². The molecule has 2 aromatic carbocycles. The Morgan fingerprint density at radius 3 is 2.86 bits per heavy atom. The first-order chi connectivity index (χ1) is 10.6. The van der Waals surface area contributed by atoms with Crippen molar-refractivity contribution in [1.82, 2.24) is 9.55 Å². The van der Waals surface area contributed by atoms with Crippen LogP contribution in [0, 0.1) is 6.92 Å². The predicted molar refractivity (Wildman–Crippen MR) is 90.4 cm³/mol. The van der Waals surface area contributed by atoms with Gasteiger partial charge in [0.1, 0.15) is 12.4 Å². The van der Waals surface area contributed by atoms with Crippen LogP contribution < -0.4 is 10.3 Å². The predicted octanol–water partition coefficient (Wildman–Crippen LogP) is 3.55. The van der Waals surface area contributed by atoms with Gasteiger partial charge in [0.15, 0.2) is 0 Å². The van der Waals surface area contributed by atoms with Crippen LogP contribution in [0.5, 0.6) is 5.75 Å². The number of aromatic nitrogens is 2. The van der Waals surface area contributed by atoms with Crippen molar-refractivity contribution in [1.29, 1.82) is 0 Å². The van der Waals surface area contributed by atoms with Crippen LogP contribution in [-0.2, 0) is 6.54 Å². The van der Waals surface area contributed by atoms with Crippen LogP contribution in [0.4, 0.5) is 0 Å². The summed E-state index contributed by atoms with van der Waals surface area (Å²) in [6.07, 6.45) is 1.57. The van der Waals surface area contributed by atoms with Gasteiger partial charge in [-0.3, -0.25) is 9.36 Å². The minimum atomic E-state index is -0.0558. The zero-order valence-electron chi connectivity index (χ0n) is 12.1. The van der Waals surface area contributed by atoms with E-state index in [0.717, 1.165) is 15.8 Å². The topological polar surface area (TPSA) is 44.1 Å². The Balaban J connectivity index is 1.78. The summed E-state index contributed by atoms with van der Waals surface area (Å²) < 4.78 is 8.18. The number of hydrogen-bond donors (Lipinski definition) is 0. The molecule has 0 aliphatic rings. The summed E-state index contributed by atoms with van der Waals surface area (Å²) in [5, 5.41) is 0.604. The Morgan fingerprint density at radius 2 is 2.05 bits per heavy atom. The first-order valence-corrected chi connectivity index (χ1v) is 7.77. The summed E-state index contributed by atoms with van der Waals surface area (Å²) in [4.78, 5) is 16.7. The third-order valence-corrected chi connectivity index (χ3v) is 3.96. The van der Waals surface area contributed by atoms with Gasteiger partial charge in [-0.15, -0.1) is 0 Å². The lowest BCUT2D eigenvalue weighted by Crippen LogP contribution is -2.23. The highest BCUT2D eigenvalue weighted by Gasteiger charge is 2.05. The van der Waals surface area contributed by atoms with Crippen molar-refractivity contribution in [2.75, 3.05) is 6.61 Å². The monoisotopic (exact) mass is 358 g/mol. The summed E-state index contributed by atoms with van der Waals surface area (Å²) in [5.41, 5.74) is 1.72. The number of rotatable bonds is 4. The van der Waals surface area contributed by atoms with Gasteiger partial charge in [0.05, 0.1) is 23.8 Å². The van der Waals surface area contributed by atoms with Gasteiger partial charge in [0.2, 0.25) is 0 Å². The largest absolute Gasteiger partial charge is 0.491 e. The van der Waals surface area contributed by atoms with Crippen molar-refractivity contribution >= 4 is 26.8 Å².